The van der Waals surface area contributed by atoms with Crippen LogP contribution >= 0.6 is 0 Å². The van der Waals surface area contributed by atoms with Gasteiger partial charge in [-0.05, 0) is 37.5 Å². The van der Waals surface area contributed by atoms with Crippen molar-refractivity contribution >= 4 is 17.4 Å². The minimum Gasteiger partial charge on any atom is -0.370 e. The van der Waals surface area contributed by atoms with E-state index in [1.54, 1.807) is 12.1 Å². The molecule has 23 heavy (non-hydrogen) atoms. The van der Waals surface area contributed by atoms with E-state index in [0.717, 1.165) is 31.6 Å². The number of hydrogen-bond acceptors (Lipinski definition) is 4. The number of benzene rings is 1. The number of aromatic nitrogens is 1. The van der Waals surface area contributed by atoms with Crippen LogP contribution in [0.1, 0.15) is 25.0 Å². The van der Waals surface area contributed by atoms with E-state index in [0.29, 0.717) is 11.4 Å². The summed E-state index contributed by atoms with van der Waals surface area (Å²) in [4.78, 5) is 14.2. The zero-order valence-corrected chi connectivity index (χ0v) is 12.7. The molecule has 1 aliphatic rings. The van der Waals surface area contributed by atoms with Crippen molar-refractivity contribution in [3.8, 4) is 0 Å². The molecule has 2 N–H and O–H groups in total. The third-order valence-corrected chi connectivity index (χ3v) is 3.82. The molecular formula is C16H19FN4O2. The summed E-state index contributed by atoms with van der Waals surface area (Å²) >= 11 is 0. The third-order valence-electron chi connectivity index (χ3n) is 3.82. The molecule has 1 aromatic carbocycles. The number of halogens is 1. The van der Waals surface area contributed by atoms with Crippen LogP contribution in [0.15, 0.2) is 35.1 Å². The zero-order chi connectivity index (χ0) is 16.1. The minimum absolute atomic E-state index is 0.247. The first-order valence-electron chi connectivity index (χ1n) is 7.71. The number of amides is 2. The summed E-state index contributed by atoms with van der Waals surface area (Å²) in [5, 5.41) is 9.11. The van der Waals surface area contributed by atoms with Gasteiger partial charge in [-0.25, -0.2) is 9.18 Å². The summed E-state index contributed by atoms with van der Waals surface area (Å²) in [6.07, 6.45) is 4.86. The number of nitrogens with zero attached hydrogens (tertiary/aromatic N) is 2. The molecule has 7 heteroatoms. The van der Waals surface area contributed by atoms with Crippen LogP contribution < -0.4 is 15.5 Å². The van der Waals surface area contributed by atoms with E-state index in [1.807, 2.05) is 0 Å². The molecule has 0 atom stereocenters. The number of piperidine rings is 1. The van der Waals surface area contributed by atoms with Gasteiger partial charge in [-0.2, -0.15) is 0 Å². The van der Waals surface area contributed by atoms with Gasteiger partial charge in [-0.3, -0.25) is 0 Å². The fraction of sp³-hybridized carbons (Fsp3) is 0.375. The highest BCUT2D eigenvalue weighted by molar-refractivity contribution is 5.93. The first-order chi connectivity index (χ1) is 11.2. The summed E-state index contributed by atoms with van der Waals surface area (Å²) in [6, 6.07) is 5.74. The molecule has 1 fully saturated rings. The predicted molar refractivity (Wildman–Crippen MR) is 84.8 cm³/mol. The lowest BCUT2D eigenvalue weighted by molar-refractivity contribution is 0.251. The standard InChI is InChI=1S/C16H19FN4O2/c17-12-4-5-15(21-7-2-1-3-8-21)14(10-12)19-16(22)18-11-13-6-9-23-20-13/h4-6,9-10H,1-3,7-8,11H2,(H2,18,19,22). The molecule has 122 valence electrons. The molecule has 0 radical (unpaired) electrons. The van der Waals surface area contributed by atoms with Crippen molar-refractivity contribution in [2.24, 2.45) is 0 Å². The Kier molecular flexibility index (Phi) is 4.75. The van der Waals surface area contributed by atoms with Gasteiger partial charge in [0.1, 0.15) is 17.8 Å². The van der Waals surface area contributed by atoms with Gasteiger partial charge in [0.25, 0.3) is 0 Å². The van der Waals surface area contributed by atoms with E-state index in [1.165, 1.54) is 24.8 Å². The highest BCUT2D eigenvalue weighted by Crippen LogP contribution is 2.29. The van der Waals surface area contributed by atoms with Gasteiger partial charge in [0.2, 0.25) is 0 Å². The van der Waals surface area contributed by atoms with Crippen LogP contribution in [-0.4, -0.2) is 24.3 Å². The molecule has 1 aliphatic heterocycles. The molecule has 0 aliphatic carbocycles. The Balaban J connectivity index is 1.67. The summed E-state index contributed by atoms with van der Waals surface area (Å²) in [5.74, 6) is -0.377. The Hall–Kier alpha value is -2.57. The Morgan fingerprint density at radius 3 is 2.83 bits per heavy atom. The molecule has 0 bridgehead atoms. The molecule has 0 saturated carbocycles. The smallest absolute Gasteiger partial charge is 0.319 e. The molecule has 2 amide bonds. The SMILES string of the molecule is O=C(NCc1ccon1)Nc1cc(F)ccc1N1CCCCC1. The first kappa shape index (κ1) is 15.3. The molecule has 2 heterocycles. The quantitative estimate of drug-likeness (QED) is 0.908. The summed E-state index contributed by atoms with van der Waals surface area (Å²) in [6.45, 7) is 2.08. The van der Waals surface area contributed by atoms with E-state index in [4.69, 9.17) is 4.52 Å². The molecule has 1 aromatic heterocycles. The van der Waals surface area contributed by atoms with Crippen LogP contribution in [0.2, 0.25) is 0 Å². The van der Waals surface area contributed by atoms with Gasteiger partial charge < -0.3 is 20.1 Å². The average Bonchev–Trinajstić information content (AvgIpc) is 3.07. The molecule has 2 aromatic rings. The maximum Gasteiger partial charge on any atom is 0.319 e. The number of hydrogen-bond donors (Lipinski definition) is 2. The van der Waals surface area contributed by atoms with E-state index in [9.17, 15) is 9.18 Å². The van der Waals surface area contributed by atoms with Crippen molar-refractivity contribution in [3.05, 3.63) is 42.0 Å². The van der Waals surface area contributed by atoms with Crippen LogP contribution in [0, 0.1) is 5.82 Å². The Morgan fingerprint density at radius 1 is 1.26 bits per heavy atom. The van der Waals surface area contributed by atoms with Crippen molar-refractivity contribution in [2.45, 2.75) is 25.8 Å². The van der Waals surface area contributed by atoms with Gasteiger partial charge in [0.15, 0.2) is 0 Å². The molecule has 1 saturated heterocycles. The van der Waals surface area contributed by atoms with E-state index < -0.39 is 6.03 Å². The topological polar surface area (TPSA) is 70.4 Å². The lowest BCUT2D eigenvalue weighted by Crippen LogP contribution is -2.32. The second-order valence-corrected chi connectivity index (χ2v) is 5.51. The van der Waals surface area contributed by atoms with Crippen LogP contribution in [-0.2, 0) is 6.54 Å². The second kappa shape index (κ2) is 7.13. The number of urea groups is 1. The Bertz CT molecular complexity index is 654. The lowest BCUT2D eigenvalue weighted by Gasteiger charge is -2.30. The van der Waals surface area contributed by atoms with E-state index in [2.05, 4.69) is 20.7 Å². The van der Waals surface area contributed by atoms with Crippen molar-refractivity contribution in [1.29, 1.82) is 0 Å². The number of carbonyl (C=O) groups is 1. The maximum absolute atomic E-state index is 13.6. The minimum atomic E-state index is -0.406. The number of rotatable bonds is 4. The van der Waals surface area contributed by atoms with Crippen molar-refractivity contribution in [1.82, 2.24) is 10.5 Å². The highest BCUT2D eigenvalue weighted by Gasteiger charge is 2.16. The average molecular weight is 318 g/mol. The van der Waals surface area contributed by atoms with Crippen LogP contribution in [0.4, 0.5) is 20.6 Å². The number of nitrogens with one attached hydrogen (secondary N) is 2. The molecule has 6 nitrogen and oxygen atoms in total. The zero-order valence-electron chi connectivity index (χ0n) is 12.7. The number of anilines is 2. The summed E-state index contributed by atoms with van der Waals surface area (Å²) in [7, 11) is 0. The molecule has 3 rings (SSSR count). The van der Waals surface area contributed by atoms with Gasteiger partial charge in [-0.15, -0.1) is 0 Å². The molecular weight excluding hydrogens is 299 g/mol. The van der Waals surface area contributed by atoms with E-state index in [-0.39, 0.29) is 12.4 Å². The maximum atomic E-state index is 13.6. The van der Waals surface area contributed by atoms with Gasteiger partial charge in [0.05, 0.1) is 17.9 Å². The van der Waals surface area contributed by atoms with Crippen LogP contribution in [0.3, 0.4) is 0 Å². The van der Waals surface area contributed by atoms with Crippen molar-refractivity contribution in [2.75, 3.05) is 23.3 Å². The molecule has 0 spiro atoms. The monoisotopic (exact) mass is 318 g/mol. The van der Waals surface area contributed by atoms with Gasteiger partial charge in [0, 0.05) is 19.2 Å². The third kappa shape index (κ3) is 4.00. The first-order valence-corrected chi connectivity index (χ1v) is 7.71. The second-order valence-electron chi connectivity index (χ2n) is 5.51. The van der Waals surface area contributed by atoms with Gasteiger partial charge in [-0.1, -0.05) is 5.16 Å². The van der Waals surface area contributed by atoms with Crippen molar-refractivity contribution in [3.63, 3.8) is 0 Å². The predicted octanol–water partition coefficient (Wildman–Crippen LogP) is 3.13. The summed E-state index contributed by atoms with van der Waals surface area (Å²) < 4.78 is 18.3. The van der Waals surface area contributed by atoms with Gasteiger partial charge >= 0.3 is 6.03 Å². The summed E-state index contributed by atoms with van der Waals surface area (Å²) in [5.41, 5.74) is 1.95. The normalized spacial score (nSPS) is 14.6. The lowest BCUT2D eigenvalue weighted by atomic mass is 10.1. The number of carbonyl (C=O) groups excluding carboxylic acids is 1. The Labute approximate surface area is 133 Å². The van der Waals surface area contributed by atoms with Crippen LogP contribution in [0.25, 0.3) is 0 Å². The van der Waals surface area contributed by atoms with Crippen LogP contribution in [0.5, 0.6) is 0 Å². The Morgan fingerprint density at radius 2 is 2.09 bits per heavy atom. The largest absolute Gasteiger partial charge is 0.370 e. The van der Waals surface area contributed by atoms with Crippen molar-refractivity contribution < 1.29 is 13.7 Å². The fourth-order valence-corrected chi connectivity index (χ4v) is 2.69. The van der Waals surface area contributed by atoms with E-state index >= 15 is 0 Å². The highest BCUT2D eigenvalue weighted by atomic mass is 19.1. The fourth-order valence-electron chi connectivity index (χ4n) is 2.69. The molecule has 0 unspecified atom stereocenters.